The number of nitrogens with one attached hydrogen (secondary N) is 1. The number of aryl methyl sites for hydroxylation is 1. The summed E-state index contributed by atoms with van der Waals surface area (Å²) in [5.41, 5.74) is 0.0230. The van der Waals surface area contributed by atoms with Gasteiger partial charge < -0.3 is 9.84 Å². The molecule has 0 bridgehead atoms. The zero-order valence-corrected chi connectivity index (χ0v) is 8.13. The van der Waals surface area contributed by atoms with E-state index in [1.807, 2.05) is 6.92 Å². The van der Waals surface area contributed by atoms with E-state index in [9.17, 15) is 0 Å². The molecular formula is C9H15N3O. The molecule has 0 unspecified atom stereocenters. The molecule has 1 aliphatic rings. The van der Waals surface area contributed by atoms with E-state index in [0.717, 1.165) is 37.5 Å². The highest BCUT2D eigenvalue weighted by Crippen LogP contribution is 2.44. The Morgan fingerprint density at radius 2 is 2.23 bits per heavy atom. The molecular weight excluding hydrogens is 166 g/mol. The normalized spacial score (nSPS) is 18.9. The van der Waals surface area contributed by atoms with Gasteiger partial charge in [0.05, 0.1) is 5.54 Å². The summed E-state index contributed by atoms with van der Waals surface area (Å²) in [4.78, 5) is 4.34. The Balaban J connectivity index is 2.15. The molecule has 1 N–H and O–H groups in total. The Morgan fingerprint density at radius 1 is 1.46 bits per heavy atom. The lowest BCUT2D eigenvalue weighted by molar-refractivity contribution is 0.319. The van der Waals surface area contributed by atoms with Crippen LogP contribution in [0.15, 0.2) is 4.52 Å². The Hall–Kier alpha value is -0.900. The van der Waals surface area contributed by atoms with Crippen LogP contribution in [0.25, 0.3) is 0 Å². The molecule has 1 fully saturated rings. The minimum atomic E-state index is 0.0230. The largest absolute Gasteiger partial charge is 0.337 e. The SMILES string of the molecule is CCNC1(c2nc(CC)no2)CC1. The molecule has 1 heterocycles. The first kappa shape index (κ1) is 8.69. The van der Waals surface area contributed by atoms with Crippen molar-refractivity contribution in [1.29, 1.82) is 0 Å². The molecule has 0 aromatic carbocycles. The molecule has 0 saturated heterocycles. The third-order valence-electron chi connectivity index (χ3n) is 2.46. The Labute approximate surface area is 77.7 Å². The number of aromatic nitrogens is 2. The van der Waals surface area contributed by atoms with E-state index < -0.39 is 0 Å². The van der Waals surface area contributed by atoms with Crippen molar-refractivity contribution in [2.45, 2.75) is 38.6 Å². The Kier molecular flexibility index (Phi) is 2.07. The minimum Gasteiger partial charge on any atom is -0.337 e. The second kappa shape index (κ2) is 3.10. The number of nitrogens with zero attached hydrogens (tertiary/aromatic N) is 2. The van der Waals surface area contributed by atoms with Gasteiger partial charge in [-0.15, -0.1) is 0 Å². The molecule has 0 amide bonds. The zero-order valence-electron chi connectivity index (χ0n) is 8.13. The lowest BCUT2D eigenvalue weighted by Crippen LogP contribution is -2.28. The lowest BCUT2D eigenvalue weighted by Gasteiger charge is -2.09. The van der Waals surface area contributed by atoms with Gasteiger partial charge in [0.25, 0.3) is 0 Å². The van der Waals surface area contributed by atoms with E-state index >= 15 is 0 Å². The van der Waals surface area contributed by atoms with E-state index in [0.29, 0.717) is 0 Å². The van der Waals surface area contributed by atoms with E-state index in [1.165, 1.54) is 0 Å². The predicted molar refractivity (Wildman–Crippen MR) is 48.3 cm³/mol. The van der Waals surface area contributed by atoms with Crippen molar-refractivity contribution in [1.82, 2.24) is 15.5 Å². The second-order valence-electron chi connectivity index (χ2n) is 3.48. The summed E-state index contributed by atoms with van der Waals surface area (Å²) < 4.78 is 5.21. The average molecular weight is 181 g/mol. The fraction of sp³-hybridized carbons (Fsp3) is 0.778. The third-order valence-corrected chi connectivity index (χ3v) is 2.46. The van der Waals surface area contributed by atoms with E-state index in [1.54, 1.807) is 0 Å². The van der Waals surface area contributed by atoms with Gasteiger partial charge in [-0.25, -0.2) is 0 Å². The molecule has 4 heteroatoms. The molecule has 2 rings (SSSR count). The van der Waals surface area contributed by atoms with Crippen LogP contribution < -0.4 is 5.32 Å². The monoisotopic (exact) mass is 181 g/mol. The second-order valence-corrected chi connectivity index (χ2v) is 3.48. The number of hydrogen-bond donors (Lipinski definition) is 1. The molecule has 4 nitrogen and oxygen atoms in total. The number of rotatable bonds is 4. The van der Waals surface area contributed by atoms with Gasteiger partial charge >= 0.3 is 0 Å². The van der Waals surface area contributed by atoms with Crippen molar-refractivity contribution < 1.29 is 4.52 Å². The van der Waals surface area contributed by atoms with Crippen LogP contribution in [0, 0.1) is 0 Å². The van der Waals surface area contributed by atoms with Gasteiger partial charge in [0.1, 0.15) is 0 Å². The van der Waals surface area contributed by atoms with Gasteiger partial charge in [-0.2, -0.15) is 4.98 Å². The lowest BCUT2D eigenvalue weighted by atomic mass is 10.2. The third kappa shape index (κ3) is 1.46. The topological polar surface area (TPSA) is 51.0 Å². The highest BCUT2D eigenvalue weighted by Gasteiger charge is 2.48. The van der Waals surface area contributed by atoms with Crippen molar-refractivity contribution in [2.75, 3.05) is 6.54 Å². The first-order valence-corrected chi connectivity index (χ1v) is 4.89. The summed E-state index contributed by atoms with van der Waals surface area (Å²) in [6.45, 7) is 5.07. The fourth-order valence-electron chi connectivity index (χ4n) is 1.52. The van der Waals surface area contributed by atoms with Crippen LogP contribution in [0.3, 0.4) is 0 Å². The van der Waals surface area contributed by atoms with Gasteiger partial charge in [-0.1, -0.05) is 19.0 Å². The van der Waals surface area contributed by atoms with Gasteiger partial charge in [0, 0.05) is 6.42 Å². The van der Waals surface area contributed by atoms with Crippen molar-refractivity contribution in [3.63, 3.8) is 0 Å². The summed E-state index contributed by atoms with van der Waals surface area (Å²) >= 11 is 0. The Bertz CT molecular complexity index is 291. The summed E-state index contributed by atoms with van der Waals surface area (Å²) in [5.74, 6) is 1.57. The van der Waals surface area contributed by atoms with Crippen molar-refractivity contribution in [2.24, 2.45) is 0 Å². The predicted octanol–water partition coefficient (Wildman–Crippen LogP) is 1.23. The van der Waals surface area contributed by atoms with Crippen LogP contribution in [0.4, 0.5) is 0 Å². The summed E-state index contributed by atoms with van der Waals surface area (Å²) in [6.07, 6.45) is 3.07. The first-order chi connectivity index (χ1) is 6.30. The molecule has 0 radical (unpaired) electrons. The van der Waals surface area contributed by atoms with Crippen LogP contribution in [0.2, 0.25) is 0 Å². The van der Waals surface area contributed by atoms with E-state index in [4.69, 9.17) is 4.52 Å². The van der Waals surface area contributed by atoms with Crippen LogP contribution in [0.5, 0.6) is 0 Å². The highest BCUT2D eigenvalue weighted by atomic mass is 16.5. The van der Waals surface area contributed by atoms with Crippen molar-refractivity contribution in [3.05, 3.63) is 11.7 Å². The zero-order chi connectivity index (χ0) is 9.31. The van der Waals surface area contributed by atoms with Crippen LogP contribution in [0.1, 0.15) is 38.4 Å². The van der Waals surface area contributed by atoms with Crippen molar-refractivity contribution in [3.8, 4) is 0 Å². The fourth-order valence-corrected chi connectivity index (χ4v) is 1.52. The van der Waals surface area contributed by atoms with Gasteiger partial charge in [0.2, 0.25) is 5.89 Å². The van der Waals surface area contributed by atoms with Gasteiger partial charge in [-0.3, -0.25) is 0 Å². The maximum atomic E-state index is 5.21. The molecule has 13 heavy (non-hydrogen) atoms. The summed E-state index contributed by atoms with van der Waals surface area (Å²) in [5, 5.41) is 7.29. The molecule has 1 aliphatic carbocycles. The van der Waals surface area contributed by atoms with Gasteiger partial charge in [0.15, 0.2) is 5.82 Å². The Morgan fingerprint density at radius 3 is 2.69 bits per heavy atom. The molecule has 0 atom stereocenters. The average Bonchev–Trinajstić information content (AvgIpc) is 2.78. The molecule has 1 saturated carbocycles. The van der Waals surface area contributed by atoms with Crippen LogP contribution in [-0.2, 0) is 12.0 Å². The molecule has 72 valence electrons. The van der Waals surface area contributed by atoms with E-state index in [-0.39, 0.29) is 5.54 Å². The highest BCUT2D eigenvalue weighted by molar-refractivity contribution is 5.13. The maximum Gasteiger partial charge on any atom is 0.246 e. The van der Waals surface area contributed by atoms with Crippen molar-refractivity contribution >= 4 is 0 Å². The molecule has 1 aromatic rings. The summed E-state index contributed by atoms with van der Waals surface area (Å²) in [7, 11) is 0. The molecule has 1 aromatic heterocycles. The van der Waals surface area contributed by atoms with Gasteiger partial charge in [-0.05, 0) is 19.4 Å². The standard InChI is InChI=1S/C9H15N3O/c1-3-7-11-8(13-12-7)9(5-6-9)10-4-2/h10H,3-6H2,1-2H3. The first-order valence-electron chi connectivity index (χ1n) is 4.89. The van der Waals surface area contributed by atoms with Crippen LogP contribution >= 0.6 is 0 Å². The molecule has 0 spiro atoms. The quantitative estimate of drug-likeness (QED) is 0.759. The summed E-state index contributed by atoms with van der Waals surface area (Å²) in [6, 6.07) is 0. The molecule has 0 aliphatic heterocycles. The van der Waals surface area contributed by atoms with Crippen LogP contribution in [-0.4, -0.2) is 16.7 Å². The smallest absolute Gasteiger partial charge is 0.246 e. The number of hydrogen-bond acceptors (Lipinski definition) is 4. The van der Waals surface area contributed by atoms with E-state index in [2.05, 4.69) is 22.4 Å². The minimum absolute atomic E-state index is 0.0230. The maximum absolute atomic E-state index is 5.21.